The van der Waals surface area contributed by atoms with Gasteiger partial charge in [-0.1, -0.05) is 11.2 Å². The summed E-state index contributed by atoms with van der Waals surface area (Å²) in [5, 5.41) is 3.81. The Morgan fingerprint density at radius 2 is 2.21 bits per heavy atom. The molecule has 3 heterocycles. The van der Waals surface area contributed by atoms with Gasteiger partial charge in [-0.05, 0) is 43.5 Å². The fourth-order valence-corrected chi connectivity index (χ4v) is 3.02. The number of benzene rings is 1. The molecule has 2 aliphatic rings. The Balaban J connectivity index is 1.49. The fourth-order valence-electron chi connectivity index (χ4n) is 3.02. The summed E-state index contributed by atoms with van der Waals surface area (Å²) in [6, 6.07) is 5.45. The van der Waals surface area contributed by atoms with Crippen molar-refractivity contribution < 1.29 is 18.8 Å². The van der Waals surface area contributed by atoms with Crippen LogP contribution in [0.15, 0.2) is 28.8 Å². The highest BCUT2D eigenvalue weighted by molar-refractivity contribution is 5.92. The van der Waals surface area contributed by atoms with Crippen molar-refractivity contribution in [2.45, 2.75) is 25.8 Å². The highest BCUT2D eigenvalue weighted by Crippen LogP contribution is 2.33. The summed E-state index contributed by atoms with van der Waals surface area (Å²) in [6.07, 6.45) is 5.11. The molecule has 1 aromatic heterocycles. The number of aryl methyl sites for hydroxylation is 1. The van der Waals surface area contributed by atoms with Crippen LogP contribution >= 0.6 is 0 Å². The van der Waals surface area contributed by atoms with Crippen LogP contribution in [0.1, 0.15) is 36.2 Å². The highest BCUT2D eigenvalue weighted by atomic mass is 16.7. The highest BCUT2D eigenvalue weighted by Gasteiger charge is 2.32. The maximum Gasteiger partial charge on any atom is 0.249 e. The number of nitrogens with zero attached hydrogens (tertiary/aromatic N) is 3. The second-order valence-electron chi connectivity index (χ2n) is 5.82. The van der Waals surface area contributed by atoms with Crippen LogP contribution in [-0.2, 0) is 4.79 Å². The average Bonchev–Trinajstić information content (AvgIpc) is 3.31. The molecule has 4 rings (SSSR count). The second-order valence-corrected chi connectivity index (χ2v) is 5.82. The Labute approximate surface area is 138 Å². The van der Waals surface area contributed by atoms with E-state index in [1.165, 1.54) is 0 Å². The van der Waals surface area contributed by atoms with Crippen molar-refractivity contribution >= 4 is 12.0 Å². The van der Waals surface area contributed by atoms with Gasteiger partial charge in [0.15, 0.2) is 17.3 Å². The number of hydrogen-bond donors (Lipinski definition) is 0. The van der Waals surface area contributed by atoms with Gasteiger partial charge in [0, 0.05) is 12.6 Å². The molecule has 0 N–H and O–H groups in total. The normalized spacial score (nSPS) is 19.4. The number of amides is 1. The van der Waals surface area contributed by atoms with Crippen LogP contribution in [0.2, 0.25) is 0 Å². The van der Waals surface area contributed by atoms with Crippen LogP contribution in [0.25, 0.3) is 6.08 Å². The lowest BCUT2D eigenvalue weighted by atomic mass is 10.2. The zero-order valence-corrected chi connectivity index (χ0v) is 13.3. The third-order valence-electron chi connectivity index (χ3n) is 4.18. The van der Waals surface area contributed by atoms with Crippen molar-refractivity contribution in [3.05, 3.63) is 41.6 Å². The van der Waals surface area contributed by atoms with Gasteiger partial charge in [0.1, 0.15) is 6.04 Å². The standard InChI is InChI=1S/C17H17N3O4/c1-11-18-17(24-19-11)13-3-2-8-20(13)16(21)7-5-12-4-6-14-15(9-12)23-10-22-14/h4-7,9,13H,2-3,8,10H2,1H3. The first kappa shape index (κ1) is 14.7. The van der Waals surface area contributed by atoms with Crippen molar-refractivity contribution in [3.8, 4) is 11.5 Å². The number of carbonyl (C=O) groups is 1. The van der Waals surface area contributed by atoms with Crippen LogP contribution in [-0.4, -0.2) is 34.3 Å². The Morgan fingerprint density at radius 1 is 1.33 bits per heavy atom. The number of aromatic nitrogens is 2. The van der Waals surface area contributed by atoms with Gasteiger partial charge >= 0.3 is 0 Å². The molecule has 24 heavy (non-hydrogen) atoms. The summed E-state index contributed by atoms with van der Waals surface area (Å²) in [6.45, 7) is 2.70. The lowest BCUT2D eigenvalue weighted by Gasteiger charge is -2.20. The molecule has 7 nitrogen and oxygen atoms in total. The quantitative estimate of drug-likeness (QED) is 0.806. The molecule has 0 aliphatic carbocycles. The third kappa shape index (κ3) is 2.73. The zero-order chi connectivity index (χ0) is 16.5. The average molecular weight is 327 g/mol. The predicted octanol–water partition coefficient (Wildman–Crippen LogP) is 2.48. The Morgan fingerprint density at radius 3 is 3.04 bits per heavy atom. The molecule has 2 aliphatic heterocycles. The maximum atomic E-state index is 12.5. The van der Waals surface area contributed by atoms with E-state index in [1.54, 1.807) is 24.0 Å². The molecule has 0 saturated carbocycles. The van der Waals surface area contributed by atoms with E-state index in [0.717, 1.165) is 24.2 Å². The third-order valence-corrected chi connectivity index (χ3v) is 4.18. The molecule has 1 unspecified atom stereocenters. The predicted molar refractivity (Wildman–Crippen MR) is 84.3 cm³/mol. The monoisotopic (exact) mass is 327 g/mol. The topological polar surface area (TPSA) is 77.7 Å². The number of likely N-dealkylation sites (tertiary alicyclic amines) is 1. The SMILES string of the molecule is Cc1noc(C2CCCN2C(=O)C=Cc2ccc3c(c2)OCO3)n1. The molecule has 124 valence electrons. The molecule has 1 atom stereocenters. The minimum atomic E-state index is -0.139. The van der Waals surface area contributed by atoms with Crippen LogP contribution in [0.3, 0.4) is 0 Å². The van der Waals surface area contributed by atoms with E-state index >= 15 is 0 Å². The number of rotatable bonds is 3. The van der Waals surface area contributed by atoms with E-state index in [4.69, 9.17) is 14.0 Å². The van der Waals surface area contributed by atoms with Crippen molar-refractivity contribution in [2.24, 2.45) is 0 Å². The second kappa shape index (κ2) is 5.99. The minimum absolute atomic E-state index is 0.0639. The summed E-state index contributed by atoms with van der Waals surface area (Å²) in [5.74, 6) is 2.45. The number of carbonyl (C=O) groups excluding carboxylic acids is 1. The molecular formula is C17H17N3O4. The van der Waals surface area contributed by atoms with Crippen molar-refractivity contribution in [3.63, 3.8) is 0 Å². The van der Waals surface area contributed by atoms with Crippen LogP contribution < -0.4 is 9.47 Å². The van der Waals surface area contributed by atoms with E-state index < -0.39 is 0 Å². The fraction of sp³-hybridized carbons (Fsp3) is 0.353. The van der Waals surface area contributed by atoms with Crippen LogP contribution in [0, 0.1) is 6.92 Å². The number of ether oxygens (including phenoxy) is 2. The van der Waals surface area contributed by atoms with Crippen LogP contribution in [0.5, 0.6) is 11.5 Å². The summed E-state index contributed by atoms with van der Waals surface area (Å²) in [5.41, 5.74) is 0.886. The minimum Gasteiger partial charge on any atom is -0.454 e. The van der Waals surface area contributed by atoms with Crippen molar-refractivity contribution in [1.82, 2.24) is 15.0 Å². The van der Waals surface area contributed by atoms with Gasteiger partial charge in [-0.15, -0.1) is 0 Å². The first-order chi connectivity index (χ1) is 11.7. The van der Waals surface area contributed by atoms with Gasteiger partial charge in [0.25, 0.3) is 0 Å². The lowest BCUT2D eigenvalue weighted by molar-refractivity contribution is -0.127. The molecule has 2 aromatic rings. The van der Waals surface area contributed by atoms with Crippen LogP contribution in [0.4, 0.5) is 0 Å². The van der Waals surface area contributed by atoms with E-state index in [-0.39, 0.29) is 18.7 Å². The molecule has 0 bridgehead atoms. The zero-order valence-electron chi connectivity index (χ0n) is 13.3. The molecule has 0 radical (unpaired) electrons. The van der Waals surface area contributed by atoms with E-state index in [2.05, 4.69) is 10.1 Å². The van der Waals surface area contributed by atoms with Gasteiger partial charge in [-0.3, -0.25) is 4.79 Å². The number of fused-ring (bicyclic) bond motifs is 1. The summed E-state index contributed by atoms with van der Waals surface area (Å²) < 4.78 is 15.9. The van der Waals surface area contributed by atoms with Gasteiger partial charge in [-0.2, -0.15) is 4.98 Å². The Bertz CT molecular complexity index is 799. The first-order valence-electron chi connectivity index (χ1n) is 7.89. The summed E-state index contributed by atoms with van der Waals surface area (Å²) >= 11 is 0. The van der Waals surface area contributed by atoms with Crippen molar-refractivity contribution in [1.29, 1.82) is 0 Å². The Kier molecular flexibility index (Phi) is 3.68. The smallest absolute Gasteiger partial charge is 0.249 e. The molecule has 7 heteroatoms. The van der Waals surface area contributed by atoms with E-state index in [9.17, 15) is 4.79 Å². The Hall–Kier alpha value is -2.83. The summed E-state index contributed by atoms with van der Waals surface area (Å²) in [4.78, 5) is 18.6. The van der Waals surface area contributed by atoms with Gasteiger partial charge in [0.05, 0.1) is 0 Å². The molecule has 1 aromatic carbocycles. The lowest BCUT2D eigenvalue weighted by Crippen LogP contribution is -2.29. The van der Waals surface area contributed by atoms with E-state index in [0.29, 0.717) is 24.0 Å². The largest absolute Gasteiger partial charge is 0.454 e. The van der Waals surface area contributed by atoms with Gasteiger partial charge < -0.3 is 18.9 Å². The molecule has 0 spiro atoms. The molecular weight excluding hydrogens is 310 g/mol. The number of hydrogen-bond acceptors (Lipinski definition) is 6. The maximum absolute atomic E-state index is 12.5. The van der Waals surface area contributed by atoms with Gasteiger partial charge in [0.2, 0.25) is 18.6 Å². The molecule has 1 saturated heterocycles. The van der Waals surface area contributed by atoms with E-state index in [1.807, 2.05) is 18.2 Å². The first-order valence-corrected chi connectivity index (χ1v) is 7.89. The summed E-state index contributed by atoms with van der Waals surface area (Å²) in [7, 11) is 0. The molecule has 1 amide bonds. The van der Waals surface area contributed by atoms with Crippen molar-refractivity contribution in [2.75, 3.05) is 13.3 Å². The molecule has 1 fully saturated rings. The van der Waals surface area contributed by atoms with Gasteiger partial charge in [-0.25, -0.2) is 0 Å².